The summed E-state index contributed by atoms with van der Waals surface area (Å²) in [5.74, 6) is 0. The number of aliphatic hydroxyl groups is 1. The van der Waals surface area contributed by atoms with Gasteiger partial charge in [-0.05, 0) is 18.1 Å². The van der Waals surface area contributed by atoms with Crippen molar-refractivity contribution >= 4 is 11.3 Å². The third-order valence-electron chi connectivity index (χ3n) is 2.41. The van der Waals surface area contributed by atoms with Crippen LogP contribution < -0.4 is 0 Å². The van der Waals surface area contributed by atoms with E-state index in [1.165, 1.54) is 22.5 Å². The van der Waals surface area contributed by atoms with Gasteiger partial charge in [0.05, 0.1) is 0 Å². The van der Waals surface area contributed by atoms with E-state index in [0.29, 0.717) is 6.42 Å². The standard InChI is InChI=1S/C12H13NOS/c1-9-4-2-3-5-10(9)8-11(14)12-13-6-7-15-12/h2-7,11,14H,8H2,1H3. The molecule has 0 saturated heterocycles. The number of hydrogen-bond acceptors (Lipinski definition) is 3. The van der Waals surface area contributed by atoms with Gasteiger partial charge in [-0.3, -0.25) is 0 Å². The average molecular weight is 219 g/mol. The minimum Gasteiger partial charge on any atom is -0.386 e. The van der Waals surface area contributed by atoms with Crippen molar-refractivity contribution < 1.29 is 5.11 Å². The summed E-state index contributed by atoms with van der Waals surface area (Å²) in [5.41, 5.74) is 2.40. The lowest BCUT2D eigenvalue weighted by atomic mass is 10.0. The van der Waals surface area contributed by atoms with Crippen LogP contribution in [-0.4, -0.2) is 10.1 Å². The van der Waals surface area contributed by atoms with Crippen molar-refractivity contribution in [2.75, 3.05) is 0 Å². The number of thiazole rings is 1. The largest absolute Gasteiger partial charge is 0.386 e. The SMILES string of the molecule is Cc1ccccc1CC(O)c1nccs1. The highest BCUT2D eigenvalue weighted by molar-refractivity contribution is 7.09. The van der Waals surface area contributed by atoms with Crippen LogP contribution in [0, 0.1) is 6.92 Å². The number of benzene rings is 1. The predicted octanol–water partition coefficient (Wildman–Crippen LogP) is 2.73. The second kappa shape index (κ2) is 4.55. The van der Waals surface area contributed by atoms with E-state index in [1.807, 2.05) is 23.6 Å². The zero-order valence-corrected chi connectivity index (χ0v) is 9.37. The fourth-order valence-electron chi connectivity index (χ4n) is 1.53. The molecule has 3 heteroatoms. The summed E-state index contributed by atoms with van der Waals surface area (Å²) in [6.45, 7) is 2.06. The second-order valence-electron chi connectivity index (χ2n) is 3.52. The summed E-state index contributed by atoms with van der Waals surface area (Å²) in [7, 11) is 0. The molecule has 0 aliphatic carbocycles. The highest BCUT2D eigenvalue weighted by atomic mass is 32.1. The second-order valence-corrected chi connectivity index (χ2v) is 4.44. The molecule has 1 heterocycles. The van der Waals surface area contributed by atoms with Crippen molar-refractivity contribution in [3.63, 3.8) is 0 Å². The van der Waals surface area contributed by atoms with Gasteiger partial charge in [0.25, 0.3) is 0 Å². The number of rotatable bonds is 3. The molecule has 2 aromatic rings. The first-order valence-corrected chi connectivity index (χ1v) is 5.77. The van der Waals surface area contributed by atoms with Crippen molar-refractivity contribution in [1.82, 2.24) is 4.98 Å². The maximum atomic E-state index is 9.94. The minimum atomic E-state index is -0.480. The van der Waals surface area contributed by atoms with Crippen LogP contribution in [0.3, 0.4) is 0 Å². The lowest BCUT2D eigenvalue weighted by Gasteiger charge is -2.09. The Morgan fingerprint density at radius 3 is 2.87 bits per heavy atom. The van der Waals surface area contributed by atoms with E-state index in [1.54, 1.807) is 6.20 Å². The van der Waals surface area contributed by atoms with Crippen molar-refractivity contribution in [2.24, 2.45) is 0 Å². The zero-order chi connectivity index (χ0) is 10.7. The number of nitrogens with zero attached hydrogens (tertiary/aromatic N) is 1. The molecule has 1 unspecified atom stereocenters. The molecule has 0 amide bonds. The summed E-state index contributed by atoms with van der Waals surface area (Å²) in [4.78, 5) is 4.11. The Balaban J connectivity index is 2.13. The molecule has 2 rings (SSSR count). The third kappa shape index (κ3) is 2.43. The molecule has 2 nitrogen and oxygen atoms in total. The van der Waals surface area contributed by atoms with E-state index < -0.39 is 6.10 Å². The van der Waals surface area contributed by atoms with E-state index in [-0.39, 0.29) is 0 Å². The molecule has 1 N–H and O–H groups in total. The fourth-order valence-corrected chi connectivity index (χ4v) is 2.16. The van der Waals surface area contributed by atoms with Crippen LogP contribution in [0.5, 0.6) is 0 Å². The van der Waals surface area contributed by atoms with E-state index in [9.17, 15) is 5.11 Å². The van der Waals surface area contributed by atoms with E-state index in [0.717, 1.165) is 5.01 Å². The molecule has 1 aromatic heterocycles. The Bertz CT molecular complexity index is 425. The fraction of sp³-hybridized carbons (Fsp3) is 0.250. The van der Waals surface area contributed by atoms with Crippen LogP contribution in [0.25, 0.3) is 0 Å². The molecule has 1 aromatic carbocycles. The van der Waals surface area contributed by atoms with Crippen molar-refractivity contribution in [2.45, 2.75) is 19.4 Å². The number of aryl methyl sites for hydroxylation is 1. The normalized spacial score (nSPS) is 12.7. The van der Waals surface area contributed by atoms with Gasteiger partial charge in [0.1, 0.15) is 11.1 Å². The van der Waals surface area contributed by atoms with Gasteiger partial charge in [-0.2, -0.15) is 0 Å². The maximum absolute atomic E-state index is 9.94. The molecule has 78 valence electrons. The molecule has 15 heavy (non-hydrogen) atoms. The lowest BCUT2D eigenvalue weighted by molar-refractivity contribution is 0.178. The number of hydrogen-bond donors (Lipinski definition) is 1. The van der Waals surface area contributed by atoms with Crippen molar-refractivity contribution in [3.05, 3.63) is 52.0 Å². The molecular weight excluding hydrogens is 206 g/mol. The Hall–Kier alpha value is -1.19. The van der Waals surface area contributed by atoms with Gasteiger partial charge in [-0.1, -0.05) is 24.3 Å². The van der Waals surface area contributed by atoms with Crippen LogP contribution in [0.4, 0.5) is 0 Å². The van der Waals surface area contributed by atoms with E-state index in [4.69, 9.17) is 0 Å². The first-order chi connectivity index (χ1) is 7.27. The smallest absolute Gasteiger partial charge is 0.121 e. The lowest BCUT2D eigenvalue weighted by Crippen LogP contribution is -2.02. The van der Waals surface area contributed by atoms with Crippen LogP contribution >= 0.6 is 11.3 Å². The molecule has 0 aliphatic heterocycles. The van der Waals surface area contributed by atoms with Gasteiger partial charge in [0, 0.05) is 18.0 Å². The molecule has 1 atom stereocenters. The minimum absolute atomic E-state index is 0.480. The molecule has 0 aliphatic rings. The van der Waals surface area contributed by atoms with Crippen molar-refractivity contribution in [1.29, 1.82) is 0 Å². The van der Waals surface area contributed by atoms with Crippen LogP contribution in [0.1, 0.15) is 22.2 Å². The van der Waals surface area contributed by atoms with Crippen LogP contribution in [0.15, 0.2) is 35.8 Å². The van der Waals surface area contributed by atoms with E-state index in [2.05, 4.69) is 18.0 Å². The van der Waals surface area contributed by atoms with Crippen molar-refractivity contribution in [3.8, 4) is 0 Å². The highest BCUT2D eigenvalue weighted by Gasteiger charge is 2.11. The number of aliphatic hydroxyl groups excluding tert-OH is 1. The molecular formula is C12H13NOS. The Morgan fingerprint density at radius 1 is 1.40 bits per heavy atom. The summed E-state index contributed by atoms with van der Waals surface area (Å²) < 4.78 is 0. The van der Waals surface area contributed by atoms with Gasteiger partial charge in [0.2, 0.25) is 0 Å². The Labute approximate surface area is 93.2 Å². The predicted molar refractivity (Wildman–Crippen MR) is 62.0 cm³/mol. The summed E-state index contributed by atoms with van der Waals surface area (Å²) in [5, 5.41) is 12.6. The van der Waals surface area contributed by atoms with Crippen LogP contribution in [0.2, 0.25) is 0 Å². The van der Waals surface area contributed by atoms with Crippen LogP contribution in [-0.2, 0) is 6.42 Å². The maximum Gasteiger partial charge on any atom is 0.121 e. The topological polar surface area (TPSA) is 33.1 Å². The molecule has 0 bridgehead atoms. The van der Waals surface area contributed by atoms with Gasteiger partial charge in [-0.25, -0.2) is 4.98 Å². The van der Waals surface area contributed by atoms with Gasteiger partial charge < -0.3 is 5.11 Å². The zero-order valence-electron chi connectivity index (χ0n) is 8.55. The van der Waals surface area contributed by atoms with Gasteiger partial charge >= 0.3 is 0 Å². The highest BCUT2D eigenvalue weighted by Crippen LogP contribution is 2.21. The summed E-state index contributed by atoms with van der Waals surface area (Å²) in [6, 6.07) is 8.11. The third-order valence-corrected chi connectivity index (χ3v) is 3.29. The first-order valence-electron chi connectivity index (χ1n) is 4.89. The quantitative estimate of drug-likeness (QED) is 0.861. The van der Waals surface area contributed by atoms with Gasteiger partial charge in [0.15, 0.2) is 0 Å². The van der Waals surface area contributed by atoms with E-state index >= 15 is 0 Å². The Morgan fingerprint density at radius 2 is 2.20 bits per heavy atom. The Kier molecular flexibility index (Phi) is 3.14. The number of aromatic nitrogens is 1. The molecule has 0 fully saturated rings. The summed E-state index contributed by atoms with van der Waals surface area (Å²) in [6.07, 6.45) is 1.88. The first kappa shape index (κ1) is 10.3. The molecule has 0 saturated carbocycles. The molecule has 0 spiro atoms. The molecule has 0 radical (unpaired) electrons. The average Bonchev–Trinajstić information content (AvgIpc) is 2.74. The monoisotopic (exact) mass is 219 g/mol. The van der Waals surface area contributed by atoms with Gasteiger partial charge in [-0.15, -0.1) is 11.3 Å². The summed E-state index contributed by atoms with van der Waals surface area (Å²) >= 11 is 1.50.